The highest BCUT2D eigenvalue weighted by molar-refractivity contribution is 5.96. The minimum atomic E-state index is -4.67. The Bertz CT molecular complexity index is 1680. The number of likely N-dealkylation sites (N-methyl/N-ethyl adjacent to an activating group) is 2. The zero-order chi connectivity index (χ0) is 38.9. The average Bonchev–Trinajstić information content (AvgIpc) is 3.14. The molecule has 2 unspecified atom stereocenters. The Kier molecular flexibility index (Phi) is 14.6. The van der Waals surface area contributed by atoms with Gasteiger partial charge in [-0.3, -0.25) is 4.79 Å². The summed E-state index contributed by atoms with van der Waals surface area (Å²) in [6.45, 7) is 4.01. The van der Waals surface area contributed by atoms with Crippen molar-refractivity contribution in [2.24, 2.45) is 5.92 Å². The molecule has 16 heteroatoms. The minimum Gasteiger partial charge on any atom is -0.489 e. The van der Waals surface area contributed by atoms with Crippen LogP contribution < -0.4 is 10.1 Å². The predicted molar refractivity (Wildman–Crippen MR) is 188 cm³/mol. The van der Waals surface area contributed by atoms with Gasteiger partial charge in [-0.15, -0.1) is 0 Å². The van der Waals surface area contributed by atoms with Gasteiger partial charge in [0.2, 0.25) is 11.7 Å². The first kappa shape index (κ1) is 41.9. The van der Waals surface area contributed by atoms with E-state index in [2.05, 4.69) is 15.3 Å². The van der Waals surface area contributed by atoms with Crippen molar-refractivity contribution in [2.45, 2.75) is 70.4 Å². The first-order valence-electron chi connectivity index (χ1n) is 17.5. The van der Waals surface area contributed by atoms with E-state index in [1.165, 1.54) is 36.5 Å². The molecule has 11 nitrogen and oxygen atoms in total. The summed E-state index contributed by atoms with van der Waals surface area (Å²) in [4.78, 5) is 23.8. The van der Waals surface area contributed by atoms with Gasteiger partial charge in [-0.1, -0.05) is 25.3 Å². The highest BCUT2D eigenvalue weighted by Crippen LogP contribution is 2.38. The molecule has 0 spiro atoms. The van der Waals surface area contributed by atoms with E-state index in [4.69, 9.17) is 9.47 Å². The van der Waals surface area contributed by atoms with Crippen molar-refractivity contribution in [2.75, 3.05) is 59.4 Å². The number of aliphatic hydroxyl groups excluding tert-OH is 2. The van der Waals surface area contributed by atoms with E-state index < -0.39 is 53.5 Å². The summed E-state index contributed by atoms with van der Waals surface area (Å²) in [7, 11) is 5.04. The number of hydrogen-bond acceptors (Lipinski definition) is 10. The lowest BCUT2D eigenvalue weighted by Gasteiger charge is -2.50. The first-order chi connectivity index (χ1) is 25.1. The smallest absolute Gasteiger partial charge is 0.416 e. The van der Waals surface area contributed by atoms with Crippen molar-refractivity contribution in [3.05, 3.63) is 71.2 Å². The highest BCUT2D eigenvalue weighted by Gasteiger charge is 2.42. The standard InChI is InChI=1S/C37H49F5N6O5/c1-24-19-30(44-23-43-24)28-20-27(37(40,41)42)10-11-29(28)45-34(50)25(2)35(51)48(47(4)36(22-49)13-7-6-8-14-36)21-26-9-12-31(33(39)32(26)38)53-18-16-46(3)15-17-52-5/h9-12,19-20,23,25,35,49,51H,6-8,13-18,21-22H2,1-5H3,(H,45,50). The maximum atomic E-state index is 15.7. The van der Waals surface area contributed by atoms with Crippen molar-refractivity contribution in [1.82, 2.24) is 24.9 Å². The van der Waals surface area contributed by atoms with Crippen LogP contribution in [0.3, 0.4) is 0 Å². The number of nitrogens with one attached hydrogen (secondary N) is 1. The number of anilines is 1. The van der Waals surface area contributed by atoms with Crippen LogP contribution in [0.5, 0.6) is 5.75 Å². The number of ether oxygens (including phenoxy) is 2. The van der Waals surface area contributed by atoms with Crippen LogP contribution in [-0.2, 0) is 22.3 Å². The summed E-state index contributed by atoms with van der Waals surface area (Å²) in [5.41, 5.74) is -1.35. The molecule has 3 aromatic rings. The van der Waals surface area contributed by atoms with Crippen LogP contribution in [0.25, 0.3) is 11.3 Å². The lowest BCUT2D eigenvalue weighted by Crippen LogP contribution is -2.62. The molecule has 3 N–H and O–H groups in total. The van der Waals surface area contributed by atoms with Gasteiger partial charge in [0.15, 0.2) is 11.6 Å². The van der Waals surface area contributed by atoms with Crippen molar-refractivity contribution in [3.63, 3.8) is 0 Å². The molecular formula is C37H49F5N6O5. The van der Waals surface area contributed by atoms with Gasteiger partial charge in [-0.05, 0) is 64.1 Å². The van der Waals surface area contributed by atoms with Gasteiger partial charge in [-0.25, -0.2) is 24.4 Å². The number of aromatic nitrogens is 2. The zero-order valence-electron chi connectivity index (χ0n) is 30.7. The van der Waals surface area contributed by atoms with Crippen LogP contribution in [0.2, 0.25) is 0 Å². The zero-order valence-corrected chi connectivity index (χ0v) is 30.7. The van der Waals surface area contributed by atoms with E-state index in [0.29, 0.717) is 38.2 Å². The number of rotatable bonds is 17. The Hall–Kier alpha value is -3.80. The van der Waals surface area contributed by atoms with E-state index in [-0.39, 0.29) is 41.5 Å². The van der Waals surface area contributed by atoms with Crippen molar-refractivity contribution in [3.8, 4) is 17.0 Å². The SMILES string of the molecule is COCCN(C)CCOc1ccc(CN(C(O)C(C)C(=O)Nc2ccc(C(F)(F)F)cc2-c2cc(C)ncn2)N(C)C2(CO)CCCCC2)c(F)c1F. The molecule has 2 atom stereocenters. The lowest BCUT2D eigenvalue weighted by atomic mass is 9.82. The third kappa shape index (κ3) is 10.5. The lowest BCUT2D eigenvalue weighted by molar-refractivity contribution is -0.210. The monoisotopic (exact) mass is 752 g/mol. The molecule has 1 saturated carbocycles. The summed E-state index contributed by atoms with van der Waals surface area (Å²) in [5, 5.41) is 28.0. The number of aliphatic hydroxyl groups is 2. The second-order valence-electron chi connectivity index (χ2n) is 13.6. The number of carbonyl (C=O) groups excluding carboxylic acids is 1. The van der Waals surface area contributed by atoms with Crippen LogP contribution in [0.15, 0.2) is 42.7 Å². The fourth-order valence-electron chi connectivity index (χ4n) is 6.38. The maximum Gasteiger partial charge on any atom is 0.416 e. The molecule has 1 heterocycles. The van der Waals surface area contributed by atoms with E-state index >= 15 is 8.78 Å². The Balaban J connectivity index is 1.62. The Morgan fingerprint density at radius 1 is 1.02 bits per heavy atom. The molecular weight excluding hydrogens is 703 g/mol. The summed E-state index contributed by atoms with van der Waals surface area (Å²) in [5.74, 6) is -4.74. The number of alkyl halides is 3. The van der Waals surface area contributed by atoms with Gasteiger partial charge in [0.1, 0.15) is 19.2 Å². The Morgan fingerprint density at radius 2 is 1.72 bits per heavy atom. The summed E-state index contributed by atoms with van der Waals surface area (Å²) < 4.78 is 82.7. The molecule has 0 bridgehead atoms. The number of hydrogen-bond donors (Lipinski definition) is 3. The highest BCUT2D eigenvalue weighted by atomic mass is 19.4. The molecule has 0 radical (unpaired) electrons. The fourth-order valence-corrected chi connectivity index (χ4v) is 6.38. The third-order valence-electron chi connectivity index (χ3n) is 9.87. The molecule has 1 aliphatic rings. The largest absolute Gasteiger partial charge is 0.489 e. The fraction of sp³-hybridized carbons (Fsp3) is 0.541. The molecule has 292 valence electrons. The molecule has 2 aromatic carbocycles. The molecule has 1 aromatic heterocycles. The number of nitrogens with zero attached hydrogens (tertiary/aromatic N) is 5. The number of methoxy groups -OCH3 is 1. The summed E-state index contributed by atoms with van der Waals surface area (Å²) in [6, 6.07) is 6.92. The van der Waals surface area contributed by atoms with Gasteiger partial charge < -0.3 is 29.9 Å². The quantitative estimate of drug-likeness (QED) is 0.0907. The van der Waals surface area contributed by atoms with E-state index in [1.54, 1.807) is 26.1 Å². The average molecular weight is 753 g/mol. The molecule has 4 rings (SSSR count). The number of carbonyl (C=O) groups is 1. The first-order valence-corrected chi connectivity index (χ1v) is 17.5. The summed E-state index contributed by atoms with van der Waals surface area (Å²) in [6.07, 6.45) is -1.57. The molecule has 1 fully saturated rings. The summed E-state index contributed by atoms with van der Waals surface area (Å²) >= 11 is 0. The second kappa shape index (κ2) is 18.5. The molecule has 53 heavy (non-hydrogen) atoms. The van der Waals surface area contributed by atoms with E-state index in [9.17, 15) is 28.2 Å². The number of halogens is 5. The Labute approximate surface area is 306 Å². The van der Waals surface area contributed by atoms with Crippen LogP contribution in [0.4, 0.5) is 27.6 Å². The van der Waals surface area contributed by atoms with Crippen LogP contribution in [-0.4, -0.2) is 107 Å². The van der Waals surface area contributed by atoms with Gasteiger partial charge in [0.05, 0.1) is 41.6 Å². The number of amides is 1. The van der Waals surface area contributed by atoms with Crippen molar-refractivity contribution >= 4 is 11.6 Å². The Morgan fingerprint density at radius 3 is 2.36 bits per heavy atom. The van der Waals surface area contributed by atoms with Gasteiger partial charge in [-0.2, -0.15) is 17.6 Å². The molecule has 0 aliphatic heterocycles. The van der Waals surface area contributed by atoms with E-state index in [1.807, 2.05) is 11.9 Å². The molecule has 1 amide bonds. The second-order valence-corrected chi connectivity index (χ2v) is 13.6. The molecule has 1 aliphatic carbocycles. The number of benzene rings is 2. The van der Waals surface area contributed by atoms with Crippen molar-refractivity contribution in [1.29, 1.82) is 0 Å². The number of aryl methyl sites for hydroxylation is 1. The predicted octanol–water partition coefficient (Wildman–Crippen LogP) is 5.64. The number of hydrazine groups is 1. The maximum absolute atomic E-state index is 15.7. The minimum absolute atomic E-state index is 0.00718. The van der Waals surface area contributed by atoms with Crippen LogP contribution in [0.1, 0.15) is 55.8 Å². The third-order valence-corrected chi connectivity index (χ3v) is 9.87. The van der Waals surface area contributed by atoms with Crippen molar-refractivity contribution < 1.29 is 46.4 Å². The van der Waals surface area contributed by atoms with E-state index in [0.717, 1.165) is 37.5 Å². The molecule has 0 saturated heterocycles. The van der Waals surface area contributed by atoms with Gasteiger partial charge in [0, 0.05) is 50.6 Å². The van der Waals surface area contributed by atoms with Gasteiger partial charge >= 0.3 is 6.18 Å². The van der Waals surface area contributed by atoms with Crippen LogP contribution in [0, 0.1) is 24.5 Å². The van der Waals surface area contributed by atoms with Gasteiger partial charge in [0.25, 0.3) is 0 Å². The normalized spacial score (nSPS) is 15.9. The van der Waals surface area contributed by atoms with Crippen LogP contribution >= 0.6 is 0 Å². The topological polar surface area (TPSA) is 124 Å².